The third-order valence-electron chi connectivity index (χ3n) is 7.02. The van der Waals surface area contributed by atoms with E-state index in [1.54, 1.807) is 29.2 Å². The number of rotatable bonds is 5. The van der Waals surface area contributed by atoms with Gasteiger partial charge in [0.05, 0.1) is 0 Å². The molecule has 2 N–H and O–H groups in total. The van der Waals surface area contributed by atoms with Crippen LogP contribution in [0.25, 0.3) is 0 Å². The van der Waals surface area contributed by atoms with Crippen LogP contribution in [0.4, 0.5) is 16.2 Å². The number of piperidine rings is 1. The van der Waals surface area contributed by atoms with E-state index in [1.165, 1.54) is 19.3 Å². The first-order valence-corrected chi connectivity index (χ1v) is 12.3. The molecule has 1 heterocycles. The zero-order chi connectivity index (χ0) is 23.9. The summed E-state index contributed by atoms with van der Waals surface area (Å²) >= 11 is 0. The summed E-state index contributed by atoms with van der Waals surface area (Å²) in [7, 11) is 1.89. The van der Waals surface area contributed by atoms with E-state index < -0.39 is 0 Å². The minimum atomic E-state index is -0.139. The van der Waals surface area contributed by atoms with Gasteiger partial charge in [0, 0.05) is 49.0 Å². The fourth-order valence-electron chi connectivity index (χ4n) is 4.85. The number of nitrogens with one attached hydrogen (secondary N) is 2. The number of para-hydroxylation sites is 1. The van der Waals surface area contributed by atoms with E-state index in [1.807, 2.05) is 42.3 Å². The van der Waals surface area contributed by atoms with Crippen molar-refractivity contribution in [2.45, 2.75) is 51.0 Å². The quantitative estimate of drug-likeness (QED) is 0.658. The van der Waals surface area contributed by atoms with Crippen LogP contribution in [0.3, 0.4) is 0 Å². The standard InChI is InChI=1S/C27H34N4O3/c1-30(24-10-6-3-7-11-24)26(33)21-12-14-23(15-13-21)28-25(32)20-16-18-31(19-17-20)27(34)29-22-8-4-2-5-9-22/h2,4-5,8-9,12-15,20,24H,3,6-7,10-11,16-19H2,1H3,(H,28,32)(H,29,34). The molecule has 7 nitrogen and oxygen atoms in total. The molecule has 1 aliphatic heterocycles. The van der Waals surface area contributed by atoms with Crippen LogP contribution in [-0.4, -0.2) is 53.8 Å². The molecule has 180 valence electrons. The van der Waals surface area contributed by atoms with Gasteiger partial charge in [-0.25, -0.2) is 4.79 Å². The molecule has 2 aliphatic rings. The number of anilines is 2. The van der Waals surface area contributed by atoms with Gasteiger partial charge in [-0.3, -0.25) is 9.59 Å². The van der Waals surface area contributed by atoms with E-state index in [2.05, 4.69) is 10.6 Å². The molecule has 1 saturated carbocycles. The summed E-state index contributed by atoms with van der Waals surface area (Å²) < 4.78 is 0. The summed E-state index contributed by atoms with van der Waals surface area (Å²) in [6.45, 7) is 1.08. The highest BCUT2D eigenvalue weighted by Gasteiger charge is 2.28. The number of hydrogen-bond donors (Lipinski definition) is 2. The highest BCUT2D eigenvalue weighted by molar-refractivity contribution is 5.96. The predicted octanol–water partition coefficient (Wildman–Crippen LogP) is 4.97. The first-order valence-electron chi connectivity index (χ1n) is 12.3. The van der Waals surface area contributed by atoms with Gasteiger partial charge in [0.2, 0.25) is 5.91 Å². The van der Waals surface area contributed by atoms with Crippen molar-refractivity contribution < 1.29 is 14.4 Å². The second kappa shape index (κ2) is 11.2. The molecule has 2 aromatic carbocycles. The van der Waals surface area contributed by atoms with Gasteiger partial charge in [-0.15, -0.1) is 0 Å². The van der Waals surface area contributed by atoms with Gasteiger partial charge in [-0.2, -0.15) is 0 Å². The maximum absolute atomic E-state index is 12.8. The van der Waals surface area contributed by atoms with Crippen LogP contribution in [0.2, 0.25) is 0 Å². The largest absolute Gasteiger partial charge is 0.339 e. The SMILES string of the molecule is CN(C(=O)c1ccc(NC(=O)C2CCN(C(=O)Nc3ccccc3)CC2)cc1)C1CCCCC1. The van der Waals surface area contributed by atoms with E-state index >= 15 is 0 Å². The number of urea groups is 1. The maximum Gasteiger partial charge on any atom is 0.321 e. The topological polar surface area (TPSA) is 81.8 Å². The summed E-state index contributed by atoms with van der Waals surface area (Å²) in [6.07, 6.45) is 7.01. The summed E-state index contributed by atoms with van der Waals surface area (Å²) in [4.78, 5) is 41.7. The average Bonchev–Trinajstić information content (AvgIpc) is 2.89. The van der Waals surface area contributed by atoms with Crippen molar-refractivity contribution in [1.82, 2.24) is 9.80 Å². The molecule has 0 atom stereocenters. The van der Waals surface area contributed by atoms with Crippen LogP contribution < -0.4 is 10.6 Å². The lowest BCUT2D eigenvalue weighted by molar-refractivity contribution is -0.121. The Hall–Kier alpha value is -3.35. The van der Waals surface area contributed by atoms with Gasteiger partial charge in [-0.05, 0) is 62.1 Å². The number of nitrogens with zero attached hydrogens (tertiary/aromatic N) is 2. The van der Waals surface area contributed by atoms with Crippen molar-refractivity contribution in [3.63, 3.8) is 0 Å². The number of benzene rings is 2. The second-order valence-electron chi connectivity index (χ2n) is 9.33. The van der Waals surface area contributed by atoms with Crippen LogP contribution in [0.1, 0.15) is 55.3 Å². The Morgan fingerprint density at radius 3 is 2.06 bits per heavy atom. The lowest BCUT2D eigenvalue weighted by Crippen LogP contribution is -2.43. The fourth-order valence-corrected chi connectivity index (χ4v) is 4.85. The van der Waals surface area contributed by atoms with Gasteiger partial charge < -0.3 is 20.4 Å². The monoisotopic (exact) mass is 462 g/mol. The number of carbonyl (C=O) groups excluding carboxylic acids is 3. The third-order valence-corrected chi connectivity index (χ3v) is 7.02. The lowest BCUT2D eigenvalue weighted by atomic mass is 9.94. The molecule has 7 heteroatoms. The molecule has 4 rings (SSSR count). The molecule has 0 bridgehead atoms. The molecule has 34 heavy (non-hydrogen) atoms. The van der Waals surface area contributed by atoms with Crippen LogP contribution >= 0.6 is 0 Å². The lowest BCUT2D eigenvalue weighted by Gasteiger charge is -2.31. The minimum absolute atomic E-state index is 0.0333. The Balaban J connectivity index is 1.24. The van der Waals surface area contributed by atoms with Gasteiger partial charge in [0.15, 0.2) is 0 Å². The number of hydrogen-bond acceptors (Lipinski definition) is 3. The third kappa shape index (κ3) is 5.95. The van der Waals surface area contributed by atoms with Crippen molar-refractivity contribution in [3.8, 4) is 0 Å². The van der Waals surface area contributed by atoms with E-state index in [0.717, 1.165) is 18.5 Å². The Morgan fingerprint density at radius 1 is 0.794 bits per heavy atom. The predicted molar refractivity (Wildman–Crippen MR) is 134 cm³/mol. The fraction of sp³-hybridized carbons (Fsp3) is 0.444. The highest BCUT2D eigenvalue weighted by Crippen LogP contribution is 2.24. The van der Waals surface area contributed by atoms with Gasteiger partial charge in [0.25, 0.3) is 5.91 Å². The number of likely N-dealkylation sites (tertiary alicyclic amines) is 1. The van der Waals surface area contributed by atoms with Crippen molar-refractivity contribution in [1.29, 1.82) is 0 Å². The van der Waals surface area contributed by atoms with Crippen LogP contribution in [-0.2, 0) is 4.79 Å². The summed E-state index contributed by atoms with van der Waals surface area (Å²) in [6, 6.07) is 16.7. The molecule has 2 aromatic rings. The first-order chi connectivity index (χ1) is 16.5. The minimum Gasteiger partial charge on any atom is -0.339 e. The molecular formula is C27H34N4O3. The van der Waals surface area contributed by atoms with Crippen LogP contribution in [0.15, 0.2) is 54.6 Å². The number of carbonyl (C=O) groups is 3. The smallest absolute Gasteiger partial charge is 0.321 e. The molecule has 0 unspecified atom stereocenters. The zero-order valence-electron chi connectivity index (χ0n) is 19.8. The summed E-state index contributed by atoms with van der Waals surface area (Å²) in [5, 5.41) is 5.87. The zero-order valence-corrected chi connectivity index (χ0v) is 19.8. The van der Waals surface area contributed by atoms with Crippen molar-refractivity contribution in [3.05, 3.63) is 60.2 Å². The number of amides is 4. The molecule has 1 saturated heterocycles. The normalized spacial score (nSPS) is 17.1. The Morgan fingerprint density at radius 2 is 1.41 bits per heavy atom. The first kappa shape index (κ1) is 23.8. The highest BCUT2D eigenvalue weighted by atomic mass is 16.2. The van der Waals surface area contributed by atoms with E-state index in [0.29, 0.717) is 43.2 Å². The maximum atomic E-state index is 12.8. The Kier molecular flexibility index (Phi) is 7.83. The van der Waals surface area contributed by atoms with E-state index in [-0.39, 0.29) is 23.8 Å². The van der Waals surface area contributed by atoms with E-state index in [9.17, 15) is 14.4 Å². The molecular weight excluding hydrogens is 428 g/mol. The van der Waals surface area contributed by atoms with E-state index in [4.69, 9.17) is 0 Å². The van der Waals surface area contributed by atoms with Gasteiger partial charge in [-0.1, -0.05) is 37.5 Å². The Bertz CT molecular complexity index is 979. The molecule has 0 aromatic heterocycles. The molecule has 2 fully saturated rings. The molecule has 4 amide bonds. The van der Waals surface area contributed by atoms with Gasteiger partial charge in [0.1, 0.15) is 0 Å². The van der Waals surface area contributed by atoms with Crippen LogP contribution in [0.5, 0.6) is 0 Å². The van der Waals surface area contributed by atoms with Crippen molar-refractivity contribution >= 4 is 29.2 Å². The summed E-state index contributed by atoms with van der Waals surface area (Å²) in [5.74, 6) is -0.146. The van der Waals surface area contributed by atoms with Crippen LogP contribution in [0, 0.1) is 5.92 Å². The molecule has 1 aliphatic carbocycles. The average molecular weight is 463 g/mol. The molecule has 0 spiro atoms. The second-order valence-corrected chi connectivity index (χ2v) is 9.33. The van der Waals surface area contributed by atoms with Gasteiger partial charge >= 0.3 is 6.03 Å². The van der Waals surface area contributed by atoms with Crippen molar-refractivity contribution in [2.75, 3.05) is 30.8 Å². The summed E-state index contributed by atoms with van der Waals surface area (Å²) in [5.41, 5.74) is 2.09. The molecule has 0 radical (unpaired) electrons. The van der Waals surface area contributed by atoms with Crippen molar-refractivity contribution in [2.24, 2.45) is 5.92 Å². The Labute approximate surface area is 201 Å².